The molecule has 7 nitrogen and oxygen atoms in total. The molecule has 0 bridgehead atoms. The first kappa shape index (κ1) is 19.0. The van der Waals surface area contributed by atoms with Gasteiger partial charge in [0, 0.05) is 5.56 Å². The van der Waals surface area contributed by atoms with E-state index in [9.17, 15) is 14.4 Å². The minimum absolute atomic E-state index is 0.393. The molecule has 0 aliphatic carbocycles. The number of benzene rings is 2. The predicted octanol–water partition coefficient (Wildman–Crippen LogP) is 1.77. The highest BCUT2D eigenvalue weighted by Gasteiger charge is 2.18. The van der Waals surface area contributed by atoms with Gasteiger partial charge in [-0.3, -0.25) is 20.4 Å². The van der Waals surface area contributed by atoms with Crippen molar-refractivity contribution >= 4 is 17.8 Å². The highest BCUT2D eigenvalue weighted by Crippen LogP contribution is 2.14. The van der Waals surface area contributed by atoms with Crippen molar-refractivity contribution < 1.29 is 23.9 Å². The molecule has 0 heterocycles. The largest absolute Gasteiger partial charge is 0.479 e. The summed E-state index contributed by atoms with van der Waals surface area (Å²) in [5.74, 6) is -1.28. The lowest BCUT2D eigenvalue weighted by atomic mass is 10.2. The standard InChI is InChI=1S/C19H20N2O5/c1-13-7-6-10-16(11-13)26-14(2)19(24)25-12-17(22)20-21-18(23)15-8-4-3-5-9-15/h3-11,14H,12H2,1-2H3,(H,20,22)(H,21,23)/t14-/m0/s1. The minimum atomic E-state index is -0.872. The van der Waals surface area contributed by atoms with Crippen molar-refractivity contribution in [1.29, 1.82) is 0 Å². The number of esters is 1. The number of nitrogens with one attached hydrogen (secondary N) is 2. The summed E-state index contributed by atoms with van der Waals surface area (Å²) in [5.41, 5.74) is 5.80. The smallest absolute Gasteiger partial charge is 0.347 e. The van der Waals surface area contributed by atoms with Crippen LogP contribution in [0.1, 0.15) is 22.8 Å². The quantitative estimate of drug-likeness (QED) is 0.608. The van der Waals surface area contributed by atoms with Crippen molar-refractivity contribution in [3.05, 3.63) is 65.7 Å². The van der Waals surface area contributed by atoms with Gasteiger partial charge in [0.2, 0.25) is 0 Å². The number of hydrazine groups is 1. The van der Waals surface area contributed by atoms with Crippen molar-refractivity contribution in [3.63, 3.8) is 0 Å². The summed E-state index contributed by atoms with van der Waals surface area (Å²) in [7, 11) is 0. The number of ether oxygens (including phenoxy) is 2. The van der Waals surface area contributed by atoms with Crippen LogP contribution in [0.3, 0.4) is 0 Å². The third-order valence-corrected chi connectivity index (χ3v) is 3.33. The lowest BCUT2D eigenvalue weighted by Gasteiger charge is -2.14. The van der Waals surface area contributed by atoms with Crippen molar-refractivity contribution in [1.82, 2.24) is 10.9 Å². The maximum Gasteiger partial charge on any atom is 0.347 e. The lowest BCUT2D eigenvalue weighted by molar-refractivity contribution is -0.154. The number of carbonyl (C=O) groups excluding carboxylic acids is 3. The van der Waals surface area contributed by atoms with Crippen LogP contribution in [-0.4, -0.2) is 30.5 Å². The Morgan fingerprint density at radius 2 is 1.73 bits per heavy atom. The molecule has 2 amide bonds. The van der Waals surface area contributed by atoms with Crippen LogP contribution >= 0.6 is 0 Å². The summed E-state index contributed by atoms with van der Waals surface area (Å²) in [5, 5.41) is 0. The second-order valence-electron chi connectivity index (χ2n) is 5.55. The second-order valence-corrected chi connectivity index (χ2v) is 5.55. The number of carbonyl (C=O) groups is 3. The van der Waals surface area contributed by atoms with Gasteiger partial charge in [0.15, 0.2) is 12.7 Å². The molecule has 1 atom stereocenters. The van der Waals surface area contributed by atoms with Gasteiger partial charge in [-0.25, -0.2) is 4.79 Å². The first-order chi connectivity index (χ1) is 12.5. The zero-order valence-electron chi connectivity index (χ0n) is 14.5. The predicted molar refractivity (Wildman–Crippen MR) is 94.3 cm³/mol. The Balaban J connectivity index is 1.72. The molecule has 2 aromatic rings. The molecule has 0 radical (unpaired) electrons. The Kier molecular flexibility index (Phi) is 6.73. The third-order valence-electron chi connectivity index (χ3n) is 3.33. The Morgan fingerprint density at radius 1 is 1.00 bits per heavy atom. The van der Waals surface area contributed by atoms with E-state index in [2.05, 4.69) is 10.9 Å². The van der Waals surface area contributed by atoms with Crippen molar-refractivity contribution in [2.24, 2.45) is 0 Å². The van der Waals surface area contributed by atoms with Gasteiger partial charge in [0.25, 0.3) is 11.8 Å². The van der Waals surface area contributed by atoms with Gasteiger partial charge in [-0.05, 0) is 43.7 Å². The summed E-state index contributed by atoms with van der Waals surface area (Å²) in [6.45, 7) is 2.90. The van der Waals surface area contributed by atoms with Gasteiger partial charge in [0.1, 0.15) is 5.75 Å². The molecule has 0 saturated carbocycles. The van der Waals surface area contributed by atoms with Crippen molar-refractivity contribution in [2.45, 2.75) is 20.0 Å². The molecule has 2 N–H and O–H groups in total. The van der Waals surface area contributed by atoms with Crippen LogP contribution in [0.25, 0.3) is 0 Å². The monoisotopic (exact) mass is 356 g/mol. The zero-order chi connectivity index (χ0) is 18.9. The van der Waals surface area contributed by atoms with E-state index in [1.165, 1.54) is 6.92 Å². The number of amides is 2. The fourth-order valence-electron chi connectivity index (χ4n) is 2.02. The average molecular weight is 356 g/mol. The lowest BCUT2D eigenvalue weighted by Crippen LogP contribution is -2.44. The zero-order valence-corrected chi connectivity index (χ0v) is 14.5. The topological polar surface area (TPSA) is 93.7 Å². The summed E-state index contributed by atoms with van der Waals surface area (Å²) < 4.78 is 10.3. The number of aryl methyl sites for hydroxylation is 1. The van der Waals surface area contributed by atoms with Gasteiger partial charge in [0.05, 0.1) is 0 Å². The molecule has 0 aliphatic heterocycles. The average Bonchev–Trinajstić information content (AvgIpc) is 2.64. The van der Waals surface area contributed by atoms with E-state index in [-0.39, 0.29) is 0 Å². The maximum atomic E-state index is 11.9. The van der Waals surface area contributed by atoms with E-state index in [1.807, 2.05) is 19.1 Å². The molecule has 0 aliphatic rings. The van der Waals surface area contributed by atoms with Crippen LogP contribution < -0.4 is 15.6 Å². The first-order valence-electron chi connectivity index (χ1n) is 8.00. The molecule has 2 rings (SSSR count). The van der Waals surface area contributed by atoms with Crippen molar-refractivity contribution in [3.8, 4) is 5.75 Å². The highest BCUT2D eigenvalue weighted by molar-refractivity contribution is 5.95. The van der Waals surface area contributed by atoms with Gasteiger partial charge in [-0.2, -0.15) is 0 Å². The fourth-order valence-corrected chi connectivity index (χ4v) is 2.02. The molecule has 2 aromatic carbocycles. The van der Waals surface area contributed by atoms with E-state index in [1.54, 1.807) is 42.5 Å². The van der Waals surface area contributed by atoms with Gasteiger partial charge in [-0.1, -0.05) is 30.3 Å². The second kappa shape index (κ2) is 9.22. The SMILES string of the molecule is Cc1cccc(O[C@@H](C)C(=O)OCC(=O)NNC(=O)c2ccccc2)c1. The van der Waals surface area contributed by atoms with E-state index >= 15 is 0 Å². The third kappa shape index (κ3) is 5.94. The minimum Gasteiger partial charge on any atom is -0.479 e. The van der Waals surface area contributed by atoms with Crippen LogP contribution in [-0.2, 0) is 14.3 Å². The normalized spacial score (nSPS) is 11.2. The van der Waals surface area contributed by atoms with E-state index in [4.69, 9.17) is 9.47 Å². The Morgan fingerprint density at radius 3 is 2.42 bits per heavy atom. The molecule has 26 heavy (non-hydrogen) atoms. The molecule has 136 valence electrons. The fraction of sp³-hybridized carbons (Fsp3) is 0.211. The molecule has 0 fully saturated rings. The number of rotatable bonds is 6. The summed E-state index contributed by atoms with van der Waals surface area (Å²) in [6, 6.07) is 15.6. The summed E-state index contributed by atoms with van der Waals surface area (Å²) in [6.07, 6.45) is -0.872. The van der Waals surface area contributed by atoms with Crippen molar-refractivity contribution in [2.75, 3.05) is 6.61 Å². The molecule has 0 unspecified atom stereocenters. The van der Waals surface area contributed by atoms with Crippen LogP contribution in [0.2, 0.25) is 0 Å². The van der Waals surface area contributed by atoms with Crippen LogP contribution in [0.5, 0.6) is 5.75 Å². The molecule has 0 aromatic heterocycles. The molecular weight excluding hydrogens is 336 g/mol. The van der Waals surface area contributed by atoms with E-state index in [0.717, 1.165) is 5.56 Å². The van der Waals surface area contributed by atoms with Gasteiger partial charge in [-0.15, -0.1) is 0 Å². The molecule has 0 saturated heterocycles. The summed E-state index contributed by atoms with van der Waals surface area (Å²) >= 11 is 0. The van der Waals surface area contributed by atoms with Crippen LogP contribution in [0, 0.1) is 6.92 Å². The van der Waals surface area contributed by atoms with Gasteiger partial charge < -0.3 is 9.47 Å². The Labute approximate surface area is 151 Å². The molecular formula is C19H20N2O5. The number of hydrogen-bond donors (Lipinski definition) is 2. The maximum absolute atomic E-state index is 11.9. The number of hydrogen-bond acceptors (Lipinski definition) is 5. The Bertz CT molecular complexity index is 777. The molecule has 0 spiro atoms. The van der Waals surface area contributed by atoms with E-state index < -0.39 is 30.5 Å². The Hall–Kier alpha value is -3.35. The molecule has 7 heteroatoms. The first-order valence-corrected chi connectivity index (χ1v) is 8.00. The van der Waals surface area contributed by atoms with Crippen LogP contribution in [0.15, 0.2) is 54.6 Å². The van der Waals surface area contributed by atoms with E-state index in [0.29, 0.717) is 11.3 Å². The summed E-state index contributed by atoms with van der Waals surface area (Å²) in [4.78, 5) is 35.3. The highest BCUT2D eigenvalue weighted by atomic mass is 16.6. The van der Waals surface area contributed by atoms with Crippen LogP contribution in [0.4, 0.5) is 0 Å². The van der Waals surface area contributed by atoms with Gasteiger partial charge >= 0.3 is 5.97 Å².